The van der Waals surface area contributed by atoms with Crippen LogP contribution in [0.2, 0.25) is 0 Å². The summed E-state index contributed by atoms with van der Waals surface area (Å²) in [4.78, 5) is 12.8. The van der Waals surface area contributed by atoms with Gasteiger partial charge in [0.2, 0.25) is 0 Å². The largest absolute Gasteiger partial charge is 0.466 e. The van der Waals surface area contributed by atoms with Crippen molar-refractivity contribution in [1.82, 2.24) is 0 Å². The number of esters is 1. The fourth-order valence-electron chi connectivity index (χ4n) is 1.97. The Kier molecular flexibility index (Phi) is 2.96. The van der Waals surface area contributed by atoms with E-state index in [1.807, 2.05) is 17.8 Å². The Morgan fingerprint density at radius 3 is 3.21 bits per heavy atom. The maximum atomic E-state index is 11.3. The molecule has 1 saturated heterocycles. The molecule has 1 fully saturated rings. The number of fused-ring (bicyclic) bond motifs is 1. The highest BCUT2D eigenvalue weighted by Crippen LogP contribution is 2.40. The van der Waals surface area contributed by atoms with Gasteiger partial charge in [0, 0.05) is 5.57 Å². The zero-order chi connectivity index (χ0) is 9.97. The zero-order valence-electron chi connectivity index (χ0n) is 8.29. The number of thioether (sulfide) groups is 1. The van der Waals surface area contributed by atoms with Gasteiger partial charge in [-0.15, -0.1) is 11.8 Å². The van der Waals surface area contributed by atoms with Gasteiger partial charge in [0.25, 0.3) is 0 Å². The van der Waals surface area contributed by atoms with Crippen LogP contribution in [0.1, 0.15) is 19.3 Å². The van der Waals surface area contributed by atoms with Crippen molar-refractivity contribution in [2.75, 3.05) is 12.9 Å². The van der Waals surface area contributed by atoms with Crippen LogP contribution in [0.3, 0.4) is 0 Å². The van der Waals surface area contributed by atoms with E-state index in [0.29, 0.717) is 5.92 Å². The van der Waals surface area contributed by atoms with E-state index in [4.69, 9.17) is 4.74 Å². The first-order valence-corrected chi connectivity index (χ1v) is 5.91. The average molecular weight is 210 g/mol. The molecule has 3 heteroatoms. The zero-order valence-corrected chi connectivity index (χ0v) is 9.10. The van der Waals surface area contributed by atoms with Crippen molar-refractivity contribution in [3.63, 3.8) is 0 Å². The quantitative estimate of drug-likeness (QED) is 0.622. The van der Waals surface area contributed by atoms with Crippen LogP contribution in [0.15, 0.2) is 22.6 Å². The van der Waals surface area contributed by atoms with E-state index in [9.17, 15) is 4.79 Å². The van der Waals surface area contributed by atoms with Crippen molar-refractivity contribution in [1.29, 1.82) is 0 Å². The average Bonchev–Trinajstić information content (AvgIpc) is 2.27. The molecule has 14 heavy (non-hydrogen) atoms. The Balaban J connectivity index is 2.13. The van der Waals surface area contributed by atoms with E-state index in [2.05, 4.69) is 6.08 Å². The van der Waals surface area contributed by atoms with Gasteiger partial charge < -0.3 is 4.74 Å². The lowest BCUT2D eigenvalue weighted by Gasteiger charge is -2.27. The smallest absolute Gasteiger partial charge is 0.333 e. The maximum absolute atomic E-state index is 11.3. The second kappa shape index (κ2) is 4.22. The molecule has 1 aliphatic heterocycles. The molecule has 0 bridgehead atoms. The third kappa shape index (κ3) is 1.87. The van der Waals surface area contributed by atoms with Crippen molar-refractivity contribution in [2.45, 2.75) is 19.3 Å². The lowest BCUT2D eigenvalue weighted by Crippen LogP contribution is -2.16. The summed E-state index contributed by atoms with van der Waals surface area (Å²) < 4.78 is 4.73. The van der Waals surface area contributed by atoms with Gasteiger partial charge >= 0.3 is 5.97 Å². The summed E-state index contributed by atoms with van der Waals surface area (Å²) in [5, 5.41) is 0. The number of allylic oxidation sites excluding steroid dienone is 3. The summed E-state index contributed by atoms with van der Waals surface area (Å²) in [5.74, 6) is 1.63. The topological polar surface area (TPSA) is 26.3 Å². The van der Waals surface area contributed by atoms with Gasteiger partial charge in [0.1, 0.15) is 0 Å². The molecule has 0 saturated carbocycles. The summed E-state index contributed by atoms with van der Waals surface area (Å²) in [6, 6.07) is 0. The number of methoxy groups -OCH3 is 1. The number of rotatable bonds is 1. The van der Waals surface area contributed by atoms with Gasteiger partial charge in [-0.2, -0.15) is 0 Å². The van der Waals surface area contributed by atoms with Gasteiger partial charge in [0.05, 0.1) is 7.11 Å². The van der Waals surface area contributed by atoms with Gasteiger partial charge in [-0.05, 0) is 35.8 Å². The molecule has 0 aromatic heterocycles. The SMILES string of the molecule is COC(=O)C1=CC=C2SCCCC2C1. The highest BCUT2D eigenvalue weighted by molar-refractivity contribution is 8.03. The minimum Gasteiger partial charge on any atom is -0.466 e. The summed E-state index contributed by atoms with van der Waals surface area (Å²) in [6.45, 7) is 0. The minimum absolute atomic E-state index is 0.170. The molecule has 1 unspecified atom stereocenters. The number of hydrogen-bond acceptors (Lipinski definition) is 3. The van der Waals surface area contributed by atoms with Crippen molar-refractivity contribution in [3.8, 4) is 0 Å². The lowest BCUT2D eigenvalue weighted by atomic mass is 9.90. The highest BCUT2D eigenvalue weighted by atomic mass is 32.2. The molecule has 0 N–H and O–H groups in total. The van der Waals surface area contributed by atoms with Crippen LogP contribution in [-0.2, 0) is 9.53 Å². The number of carbonyl (C=O) groups is 1. The molecular weight excluding hydrogens is 196 g/mol. The first-order chi connectivity index (χ1) is 6.81. The maximum Gasteiger partial charge on any atom is 0.333 e. The van der Waals surface area contributed by atoms with Crippen LogP contribution in [0, 0.1) is 5.92 Å². The molecule has 0 radical (unpaired) electrons. The molecule has 0 aromatic carbocycles. The van der Waals surface area contributed by atoms with Gasteiger partial charge in [-0.3, -0.25) is 0 Å². The lowest BCUT2D eigenvalue weighted by molar-refractivity contribution is -0.136. The predicted molar refractivity (Wildman–Crippen MR) is 58.0 cm³/mol. The second-order valence-electron chi connectivity index (χ2n) is 3.64. The van der Waals surface area contributed by atoms with Crippen LogP contribution >= 0.6 is 11.8 Å². The third-order valence-corrected chi connectivity index (χ3v) is 4.03. The van der Waals surface area contributed by atoms with Crippen LogP contribution < -0.4 is 0 Å². The first kappa shape index (κ1) is 9.84. The molecule has 1 heterocycles. The normalized spacial score (nSPS) is 25.9. The van der Waals surface area contributed by atoms with Crippen molar-refractivity contribution in [2.24, 2.45) is 5.92 Å². The third-order valence-electron chi connectivity index (χ3n) is 2.73. The Bertz CT molecular complexity index is 304. The Labute approximate surface area is 88.4 Å². The molecule has 0 spiro atoms. The predicted octanol–water partition coefficient (Wildman–Crippen LogP) is 2.52. The highest BCUT2D eigenvalue weighted by Gasteiger charge is 2.25. The second-order valence-corrected chi connectivity index (χ2v) is 4.81. The van der Waals surface area contributed by atoms with E-state index in [1.54, 1.807) is 0 Å². The van der Waals surface area contributed by atoms with Crippen molar-refractivity contribution < 1.29 is 9.53 Å². The Morgan fingerprint density at radius 2 is 2.43 bits per heavy atom. The Hall–Kier alpha value is -0.700. The van der Waals surface area contributed by atoms with Crippen molar-refractivity contribution in [3.05, 3.63) is 22.6 Å². The fraction of sp³-hybridized carbons (Fsp3) is 0.545. The molecule has 2 aliphatic rings. The molecule has 76 valence electrons. The molecule has 2 nitrogen and oxygen atoms in total. The summed E-state index contributed by atoms with van der Waals surface area (Å²) in [5.41, 5.74) is 0.823. The molecule has 0 amide bonds. The van der Waals surface area contributed by atoms with E-state index >= 15 is 0 Å². The first-order valence-electron chi connectivity index (χ1n) is 4.93. The Morgan fingerprint density at radius 1 is 1.57 bits per heavy atom. The van der Waals surface area contributed by atoms with Gasteiger partial charge in [0.15, 0.2) is 0 Å². The van der Waals surface area contributed by atoms with E-state index in [0.717, 1.165) is 12.0 Å². The van der Waals surface area contributed by atoms with Crippen molar-refractivity contribution >= 4 is 17.7 Å². The fourth-order valence-corrected chi connectivity index (χ4v) is 3.11. The van der Waals surface area contributed by atoms with Gasteiger partial charge in [-0.1, -0.05) is 12.2 Å². The number of hydrogen-bond donors (Lipinski definition) is 0. The van der Waals surface area contributed by atoms with E-state index in [1.165, 1.54) is 30.6 Å². The number of carbonyl (C=O) groups excluding carboxylic acids is 1. The monoisotopic (exact) mass is 210 g/mol. The molecule has 1 atom stereocenters. The van der Waals surface area contributed by atoms with Crippen LogP contribution in [0.25, 0.3) is 0 Å². The summed E-state index contributed by atoms with van der Waals surface area (Å²) in [7, 11) is 1.44. The molecule has 1 aliphatic carbocycles. The molecular formula is C11H14O2S. The van der Waals surface area contributed by atoms with E-state index in [-0.39, 0.29) is 5.97 Å². The minimum atomic E-state index is -0.170. The molecule has 2 rings (SSSR count). The standard InChI is InChI=1S/C11H14O2S/c1-13-11(12)9-4-5-10-8(7-9)3-2-6-14-10/h4-5,8H,2-3,6-7H2,1H3. The summed E-state index contributed by atoms with van der Waals surface area (Å²) in [6.07, 6.45) is 7.35. The van der Waals surface area contributed by atoms with E-state index < -0.39 is 0 Å². The summed E-state index contributed by atoms with van der Waals surface area (Å²) >= 11 is 1.93. The van der Waals surface area contributed by atoms with Gasteiger partial charge in [-0.25, -0.2) is 4.79 Å². The number of ether oxygens (including phenoxy) is 1. The van der Waals surface area contributed by atoms with Crippen LogP contribution in [-0.4, -0.2) is 18.8 Å². The molecule has 0 aromatic rings. The van der Waals surface area contributed by atoms with Crippen LogP contribution in [0.4, 0.5) is 0 Å². The van der Waals surface area contributed by atoms with Crippen LogP contribution in [0.5, 0.6) is 0 Å².